The van der Waals surface area contributed by atoms with Crippen molar-refractivity contribution in [2.45, 2.75) is 52.5 Å². The van der Waals surface area contributed by atoms with Gasteiger partial charge in [0.25, 0.3) is 0 Å². The van der Waals surface area contributed by atoms with Crippen LogP contribution in [0.25, 0.3) is 0 Å². The number of benzene rings is 1. The molecule has 3 rings (SSSR count). The van der Waals surface area contributed by atoms with E-state index < -0.39 is 0 Å². The topological polar surface area (TPSA) is 78.4 Å². The summed E-state index contributed by atoms with van der Waals surface area (Å²) in [5, 5.41) is 10.9. The van der Waals surface area contributed by atoms with Gasteiger partial charge in [0.15, 0.2) is 5.96 Å². The van der Waals surface area contributed by atoms with Gasteiger partial charge in [0.2, 0.25) is 5.91 Å². The molecule has 0 saturated heterocycles. The van der Waals surface area contributed by atoms with Crippen LogP contribution in [0.4, 0.5) is 5.69 Å². The maximum Gasteiger partial charge on any atom is 0.227 e. The van der Waals surface area contributed by atoms with Crippen LogP contribution in [-0.4, -0.2) is 30.4 Å². The first-order chi connectivity index (χ1) is 14.0. The van der Waals surface area contributed by atoms with Crippen LogP contribution >= 0.6 is 11.3 Å². The summed E-state index contributed by atoms with van der Waals surface area (Å²) in [4.78, 5) is 22.5. The van der Waals surface area contributed by atoms with Gasteiger partial charge in [-0.3, -0.25) is 9.79 Å². The van der Waals surface area contributed by atoms with Crippen molar-refractivity contribution >= 4 is 28.9 Å². The van der Waals surface area contributed by atoms with Gasteiger partial charge in [-0.1, -0.05) is 25.0 Å². The summed E-state index contributed by atoms with van der Waals surface area (Å²) >= 11 is 1.75. The molecule has 1 amide bonds. The second-order valence-electron chi connectivity index (χ2n) is 7.52. The third kappa shape index (κ3) is 6.29. The van der Waals surface area contributed by atoms with E-state index in [9.17, 15) is 4.79 Å². The Morgan fingerprint density at radius 3 is 2.72 bits per heavy atom. The zero-order valence-corrected chi connectivity index (χ0v) is 18.4. The second kappa shape index (κ2) is 10.4. The van der Waals surface area contributed by atoms with Gasteiger partial charge in [0.05, 0.1) is 10.7 Å². The Kier molecular flexibility index (Phi) is 7.63. The summed E-state index contributed by atoms with van der Waals surface area (Å²) in [6, 6.07) is 7.99. The van der Waals surface area contributed by atoms with Crippen LogP contribution in [0.1, 0.15) is 46.8 Å². The van der Waals surface area contributed by atoms with Crippen LogP contribution in [-0.2, 0) is 17.8 Å². The Morgan fingerprint density at radius 1 is 1.24 bits per heavy atom. The van der Waals surface area contributed by atoms with E-state index in [1.807, 2.05) is 31.2 Å². The van der Waals surface area contributed by atoms with Crippen molar-refractivity contribution in [3.8, 4) is 0 Å². The van der Waals surface area contributed by atoms with Crippen molar-refractivity contribution in [3.63, 3.8) is 0 Å². The first-order valence-electron chi connectivity index (χ1n) is 10.3. The number of aryl methyl sites for hydroxylation is 2. The van der Waals surface area contributed by atoms with Crippen molar-refractivity contribution in [1.82, 2.24) is 15.6 Å². The molecule has 0 aliphatic heterocycles. The lowest BCUT2D eigenvalue weighted by Crippen LogP contribution is -2.37. The Balaban J connectivity index is 1.45. The van der Waals surface area contributed by atoms with Crippen molar-refractivity contribution in [2.24, 2.45) is 10.9 Å². The molecule has 0 unspecified atom stereocenters. The Bertz CT molecular complexity index is 835. The Morgan fingerprint density at radius 2 is 2.03 bits per heavy atom. The highest BCUT2D eigenvalue weighted by Gasteiger charge is 2.22. The number of carbonyl (C=O) groups is 1. The van der Waals surface area contributed by atoms with Gasteiger partial charge >= 0.3 is 0 Å². The number of guanidine groups is 1. The number of nitrogens with zero attached hydrogens (tertiary/aromatic N) is 2. The normalized spacial score (nSPS) is 14.8. The fraction of sp³-hybridized carbons (Fsp3) is 0.500. The first kappa shape index (κ1) is 21.3. The number of thiazole rings is 1. The summed E-state index contributed by atoms with van der Waals surface area (Å²) in [5.74, 6) is 1.08. The van der Waals surface area contributed by atoms with Crippen molar-refractivity contribution in [1.29, 1.82) is 0 Å². The van der Waals surface area contributed by atoms with Crippen LogP contribution in [0.5, 0.6) is 0 Å². The fourth-order valence-corrected chi connectivity index (χ4v) is 4.47. The molecule has 3 N–H and O–H groups in total. The van der Waals surface area contributed by atoms with Gasteiger partial charge in [-0.2, -0.15) is 0 Å². The molecule has 1 heterocycles. The van der Waals surface area contributed by atoms with E-state index in [1.165, 1.54) is 4.88 Å². The van der Waals surface area contributed by atoms with E-state index >= 15 is 0 Å². The van der Waals surface area contributed by atoms with E-state index in [-0.39, 0.29) is 11.8 Å². The molecule has 0 atom stereocenters. The smallest absolute Gasteiger partial charge is 0.227 e. The molecule has 1 aromatic carbocycles. The van der Waals surface area contributed by atoms with Gasteiger partial charge < -0.3 is 16.0 Å². The average Bonchev–Trinajstić information content (AvgIpc) is 3.35. The third-order valence-corrected chi connectivity index (χ3v) is 6.44. The Hall–Kier alpha value is -2.41. The van der Waals surface area contributed by atoms with E-state index in [1.54, 1.807) is 18.4 Å². The number of aromatic nitrogens is 1. The maximum atomic E-state index is 12.3. The molecule has 1 fully saturated rings. The van der Waals surface area contributed by atoms with Gasteiger partial charge in [0.1, 0.15) is 0 Å². The molecule has 1 aliphatic rings. The molecule has 0 radical (unpaired) electrons. The summed E-state index contributed by atoms with van der Waals surface area (Å²) in [6.07, 6.45) is 5.22. The maximum absolute atomic E-state index is 12.3. The van der Waals surface area contributed by atoms with Gasteiger partial charge in [-0.15, -0.1) is 11.3 Å². The van der Waals surface area contributed by atoms with Gasteiger partial charge in [-0.25, -0.2) is 4.98 Å². The number of carbonyl (C=O) groups excluding carboxylic acids is 1. The molecule has 29 heavy (non-hydrogen) atoms. The summed E-state index contributed by atoms with van der Waals surface area (Å²) in [7, 11) is 1.77. The minimum atomic E-state index is 0.151. The van der Waals surface area contributed by atoms with Crippen molar-refractivity contribution < 1.29 is 4.79 Å². The largest absolute Gasteiger partial charge is 0.356 e. The van der Waals surface area contributed by atoms with Crippen molar-refractivity contribution in [3.05, 3.63) is 45.4 Å². The zero-order chi connectivity index (χ0) is 20.6. The molecule has 1 aliphatic carbocycles. The van der Waals surface area contributed by atoms with Gasteiger partial charge in [-0.05, 0) is 44.4 Å². The van der Waals surface area contributed by atoms with E-state index in [0.29, 0.717) is 6.54 Å². The number of hydrogen-bond donors (Lipinski definition) is 3. The van der Waals surface area contributed by atoms with Crippen LogP contribution in [0.2, 0.25) is 0 Å². The predicted octanol–water partition coefficient (Wildman–Crippen LogP) is 3.80. The quantitative estimate of drug-likeness (QED) is 0.477. The molecule has 7 heteroatoms. The van der Waals surface area contributed by atoms with E-state index in [0.717, 1.165) is 66.6 Å². The van der Waals surface area contributed by atoms with Crippen LogP contribution in [0.3, 0.4) is 0 Å². The minimum absolute atomic E-state index is 0.151. The average molecular weight is 414 g/mol. The molecule has 6 nitrogen and oxygen atoms in total. The fourth-order valence-electron chi connectivity index (χ4n) is 3.53. The number of aliphatic imine (C=N–C) groups is 1. The predicted molar refractivity (Wildman–Crippen MR) is 121 cm³/mol. The van der Waals surface area contributed by atoms with Crippen LogP contribution in [0, 0.1) is 19.8 Å². The monoisotopic (exact) mass is 413 g/mol. The number of amides is 1. The molecule has 0 bridgehead atoms. The molecule has 156 valence electrons. The van der Waals surface area contributed by atoms with Crippen LogP contribution in [0.15, 0.2) is 29.3 Å². The number of rotatable bonds is 7. The zero-order valence-electron chi connectivity index (χ0n) is 17.5. The summed E-state index contributed by atoms with van der Waals surface area (Å²) in [5.41, 5.74) is 3.08. The van der Waals surface area contributed by atoms with E-state index in [2.05, 4.69) is 32.9 Å². The third-order valence-electron chi connectivity index (χ3n) is 5.31. The number of anilines is 1. The van der Waals surface area contributed by atoms with E-state index in [4.69, 9.17) is 0 Å². The highest BCUT2D eigenvalue weighted by atomic mass is 32.1. The highest BCUT2D eigenvalue weighted by Crippen LogP contribution is 2.26. The SMILES string of the molecule is CN=C(NCCc1nc(C)c(C)s1)NCc1cccc(NC(=O)C2CCCC2)c1. The first-order valence-corrected chi connectivity index (χ1v) is 11.1. The molecular weight excluding hydrogens is 382 g/mol. The summed E-state index contributed by atoms with van der Waals surface area (Å²) < 4.78 is 0. The lowest BCUT2D eigenvalue weighted by Gasteiger charge is -2.13. The van der Waals surface area contributed by atoms with Crippen LogP contribution < -0.4 is 16.0 Å². The molecule has 2 aromatic rings. The van der Waals surface area contributed by atoms with Gasteiger partial charge in [0, 0.05) is 43.0 Å². The standard InChI is InChI=1S/C22H31N5OS/c1-15-16(2)29-20(26-15)11-12-24-22(23-3)25-14-17-7-6-10-19(13-17)27-21(28)18-8-4-5-9-18/h6-7,10,13,18H,4-5,8-9,11-12,14H2,1-3H3,(H,27,28)(H2,23,24,25). The molecule has 1 saturated carbocycles. The number of hydrogen-bond acceptors (Lipinski definition) is 4. The Labute approximate surface area is 177 Å². The molecule has 0 spiro atoms. The lowest BCUT2D eigenvalue weighted by atomic mass is 10.1. The summed E-state index contributed by atoms with van der Waals surface area (Å²) in [6.45, 7) is 5.58. The highest BCUT2D eigenvalue weighted by molar-refractivity contribution is 7.11. The second-order valence-corrected chi connectivity index (χ2v) is 8.81. The molecular formula is C22H31N5OS. The van der Waals surface area contributed by atoms with Crippen molar-refractivity contribution in [2.75, 3.05) is 18.9 Å². The lowest BCUT2D eigenvalue weighted by molar-refractivity contribution is -0.119. The number of nitrogens with one attached hydrogen (secondary N) is 3. The minimum Gasteiger partial charge on any atom is -0.356 e. The molecule has 1 aromatic heterocycles.